The van der Waals surface area contributed by atoms with Crippen molar-refractivity contribution in [3.8, 4) is 0 Å². The maximum Gasteiger partial charge on any atom is 0.320 e. The molecular formula is C16H34N4O6. The molecule has 7 N–H and O–H groups in total. The van der Waals surface area contributed by atoms with Gasteiger partial charge in [-0.25, -0.2) is 0 Å². The number of carbonyl (C=O) groups is 1. The number of aliphatic imine (C=N–C) groups is 1. The van der Waals surface area contributed by atoms with Crippen molar-refractivity contribution in [1.29, 1.82) is 0 Å². The number of nitrogens with two attached hydrogens (primary N) is 2. The Hall–Kier alpha value is -1.46. The number of aliphatic hydroxyl groups excluding tert-OH is 1. The number of nitrogens with zero attached hydrogens (tertiary/aromatic N) is 1. The van der Waals surface area contributed by atoms with E-state index in [4.69, 9.17) is 30.8 Å². The van der Waals surface area contributed by atoms with Gasteiger partial charge in [0.2, 0.25) is 0 Å². The Morgan fingerprint density at radius 2 is 2.00 bits per heavy atom. The van der Waals surface area contributed by atoms with E-state index in [1.54, 1.807) is 0 Å². The number of ether oxygens (including phenoxy) is 3. The van der Waals surface area contributed by atoms with Crippen LogP contribution in [0.2, 0.25) is 0 Å². The summed E-state index contributed by atoms with van der Waals surface area (Å²) in [6, 6.07) is -0.875. The number of carboxylic acids is 1. The number of hydrogen-bond donors (Lipinski definition) is 5. The van der Waals surface area contributed by atoms with Crippen LogP contribution in [0, 0.1) is 0 Å². The molecule has 0 spiro atoms. The standard InChI is InChI=1S/C16H34N4O6/c1-3-24-10-12(2)26-8-7-25-11-13(21)9-20-16(18)19-6-4-5-14(17)15(22)23/h12-14,21H,3-11,17H2,1-2H3,(H,22,23)(H3,18,19,20). The fourth-order valence-electron chi connectivity index (χ4n) is 1.83. The van der Waals surface area contributed by atoms with Crippen LogP contribution in [0.5, 0.6) is 0 Å². The highest BCUT2D eigenvalue weighted by atomic mass is 16.6. The van der Waals surface area contributed by atoms with Crippen molar-refractivity contribution < 1.29 is 29.2 Å². The summed E-state index contributed by atoms with van der Waals surface area (Å²) < 4.78 is 16.0. The highest BCUT2D eigenvalue weighted by molar-refractivity contribution is 5.77. The van der Waals surface area contributed by atoms with Gasteiger partial charge in [0, 0.05) is 13.2 Å². The number of carboxylic acid groups (broad SMARTS) is 1. The van der Waals surface area contributed by atoms with E-state index in [0.29, 0.717) is 45.8 Å². The molecule has 26 heavy (non-hydrogen) atoms. The fourth-order valence-corrected chi connectivity index (χ4v) is 1.83. The van der Waals surface area contributed by atoms with Gasteiger partial charge >= 0.3 is 5.97 Å². The quantitative estimate of drug-likeness (QED) is 0.127. The van der Waals surface area contributed by atoms with Gasteiger partial charge in [-0.05, 0) is 26.7 Å². The SMILES string of the molecule is CCOCC(C)OCCOCC(O)CN=C(N)NCCCC(N)C(=O)O. The molecule has 0 aromatic rings. The molecule has 10 nitrogen and oxygen atoms in total. The van der Waals surface area contributed by atoms with Crippen LogP contribution in [0.3, 0.4) is 0 Å². The van der Waals surface area contributed by atoms with Gasteiger partial charge in [0.1, 0.15) is 6.04 Å². The Morgan fingerprint density at radius 3 is 2.65 bits per heavy atom. The van der Waals surface area contributed by atoms with Gasteiger partial charge in [0.05, 0.1) is 45.2 Å². The zero-order chi connectivity index (χ0) is 19.8. The van der Waals surface area contributed by atoms with Crippen LogP contribution in [-0.4, -0.2) is 86.5 Å². The topological polar surface area (TPSA) is 162 Å². The molecule has 3 unspecified atom stereocenters. The van der Waals surface area contributed by atoms with E-state index in [1.165, 1.54) is 0 Å². The monoisotopic (exact) mass is 378 g/mol. The number of aliphatic carboxylic acids is 1. The second-order valence-corrected chi connectivity index (χ2v) is 5.81. The minimum atomic E-state index is -1.02. The normalized spacial score (nSPS) is 15.5. The van der Waals surface area contributed by atoms with E-state index in [1.807, 2.05) is 13.8 Å². The van der Waals surface area contributed by atoms with Gasteiger partial charge in [-0.15, -0.1) is 0 Å². The molecule has 0 saturated carbocycles. The molecule has 0 heterocycles. The largest absolute Gasteiger partial charge is 0.480 e. The molecule has 0 aromatic carbocycles. The van der Waals surface area contributed by atoms with E-state index >= 15 is 0 Å². The fraction of sp³-hybridized carbons (Fsp3) is 0.875. The molecule has 10 heteroatoms. The molecule has 0 aliphatic heterocycles. The molecule has 0 amide bonds. The number of nitrogens with one attached hydrogen (secondary N) is 1. The van der Waals surface area contributed by atoms with Gasteiger partial charge in [-0.3, -0.25) is 9.79 Å². The Bertz CT molecular complexity index is 397. The zero-order valence-electron chi connectivity index (χ0n) is 15.7. The summed E-state index contributed by atoms with van der Waals surface area (Å²) in [6.07, 6.45) is 0.134. The molecule has 0 aliphatic carbocycles. The second kappa shape index (κ2) is 15.8. The summed E-state index contributed by atoms with van der Waals surface area (Å²) in [5.74, 6) is -0.843. The van der Waals surface area contributed by atoms with Crippen LogP contribution < -0.4 is 16.8 Å². The zero-order valence-corrected chi connectivity index (χ0v) is 15.7. The van der Waals surface area contributed by atoms with E-state index in [2.05, 4.69) is 10.3 Å². The van der Waals surface area contributed by atoms with Crippen LogP contribution >= 0.6 is 0 Å². The highest BCUT2D eigenvalue weighted by Crippen LogP contribution is 1.94. The van der Waals surface area contributed by atoms with E-state index in [-0.39, 0.29) is 25.2 Å². The van der Waals surface area contributed by atoms with Crippen molar-refractivity contribution in [3.05, 3.63) is 0 Å². The summed E-state index contributed by atoms with van der Waals surface area (Å²) in [4.78, 5) is 14.6. The molecule has 0 fully saturated rings. The molecule has 3 atom stereocenters. The molecular weight excluding hydrogens is 344 g/mol. The lowest BCUT2D eigenvalue weighted by molar-refractivity contribution is -0.138. The lowest BCUT2D eigenvalue weighted by Gasteiger charge is -2.14. The first-order valence-corrected chi connectivity index (χ1v) is 8.84. The Labute approximate surface area is 154 Å². The van der Waals surface area contributed by atoms with Crippen molar-refractivity contribution in [3.63, 3.8) is 0 Å². The van der Waals surface area contributed by atoms with Crippen LogP contribution in [0.25, 0.3) is 0 Å². The molecule has 0 bridgehead atoms. The maximum absolute atomic E-state index is 10.6. The van der Waals surface area contributed by atoms with E-state index in [9.17, 15) is 9.90 Å². The molecule has 0 saturated heterocycles. The molecule has 154 valence electrons. The van der Waals surface area contributed by atoms with E-state index < -0.39 is 18.1 Å². The number of hydrogen-bond acceptors (Lipinski definition) is 7. The van der Waals surface area contributed by atoms with Crippen molar-refractivity contribution in [2.24, 2.45) is 16.5 Å². The average molecular weight is 378 g/mol. The number of aliphatic hydroxyl groups is 1. The van der Waals surface area contributed by atoms with Crippen LogP contribution in [0.1, 0.15) is 26.7 Å². The molecule has 0 aliphatic rings. The van der Waals surface area contributed by atoms with Gasteiger partial charge < -0.3 is 41.2 Å². The third-order valence-electron chi connectivity index (χ3n) is 3.28. The first-order chi connectivity index (χ1) is 12.4. The highest BCUT2D eigenvalue weighted by Gasteiger charge is 2.10. The lowest BCUT2D eigenvalue weighted by Crippen LogP contribution is -2.35. The Balaban J connectivity index is 3.65. The maximum atomic E-state index is 10.6. The van der Waals surface area contributed by atoms with Gasteiger partial charge in [-0.1, -0.05) is 0 Å². The van der Waals surface area contributed by atoms with E-state index in [0.717, 1.165) is 0 Å². The van der Waals surface area contributed by atoms with Gasteiger partial charge in [0.15, 0.2) is 5.96 Å². The Morgan fingerprint density at radius 1 is 1.27 bits per heavy atom. The average Bonchev–Trinajstić information content (AvgIpc) is 2.61. The summed E-state index contributed by atoms with van der Waals surface area (Å²) >= 11 is 0. The molecule has 0 rings (SSSR count). The predicted molar refractivity (Wildman–Crippen MR) is 98.1 cm³/mol. The third-order valence-corrected chi connectivity index (χ3v) is 3.28. The summed E-state index contributed by atoms with van der Waals surface area (Å²) in [5, 5.41) is 21.3. The number of rotatable bonds is 16. The van der Waals surface area contributed by atoms with Crippen LogP contribution in [0.4, 0.5) is 0 Å². The molecule has 0 radical (unpaired) electrons. The summed E-state index contributed by atoms with van der Waals surface area (Å²) in [6.45, 7) is 6.54. The summed E-state index contributed by atoms with van der Waals surface area (Å²) in [7, 11) is 0. The second-order valence-electron chi connectivity index (χ2n) is 5.81. The molecule has 0 aromatic heterocycles. The third kappa shape index (κ3) is 14.8. The first-order valence-electron chi connectivity index (χ1n) is 8.84. The smallest absolute Gasteiger partial charge is 0.320 e. The van der Waals surface area contributed by atoms with Gasteiger partial charge in [-0.2, -0.15) is 0 Å². The van der Waals surface area contributed by atoms with Gasteiger partial charge in [0.25, 0.3) is 0 Å². The Kier molecular flexibility index (Phi) is 14.9. The van der Waals surface area contributed by atoms with Crippen molar-refractivity contribution >= 4 is 11.9 Å². The van der Waals surface area contributed by atoms with Crippen molar-refractivity contribution in [1.82, 2.24) is 5.32 Å². The minimum absolute atomic E-state index is 0.00370. The first kappa shape index (κ1) is 24.5. The van der Waals surface area contributed by atoms with Crippen molar-refractivity contribution in [2.45, 2.75) is 44.9 Å². The van der Waals surface area contributed by atoms with Crippen LogP contribution in [-0.2, 0) is 19.0 Å². The number of guanidine groups is 1. The summed E-state index contributed by atoms with van der Waals surface area (Å²) in [5.41, 5.74) is 11.0. The van der Waals surface area contributed by atoms with Crippen molar-refractivity contribution in [2.75, 3.05) is 46.1 Å². The lowest BCUT2D eigenvalue weighted by atomic mass is 10.2. The predicted octanol–water partition coefficient (Wildman–Crippen LogP) is -1.10. The minimum Gasteiger partial charge on any atom is -0.480 e. The van der Waals surface area contributed by atoms with Crippen LogP contribution in [0.15, 0.2) is 4.99 Å².